The van der Waals surface area contributed by atoms with E-state index < -0.39 is 12.1 Å². The molecule has 0 heterocycles. The highest BCUT2D eigenvalue weighted by Crippen LogP contribution is 2.22. The molecule has 2 aliphatic rings. The molecule has 0 aromatic rings. The van der Waals surface area contributed by atoms with Crippen molar-refractivity contribution in [3.05, 3.63) is 0 Å². The molecule has 0 aromatic carbocycles. The van der Waals surface area contributed by atoms with Gasteiger partial charge in [-0.15, -0.1) is 6.42 Å². The molecular weight excluding hydrogens is 388 g/mol. The van der Waals surface area contributed by atoms with Crippen LogP contribution in [0.1, 0.15) is 64.2 Å². The monoisotopic (exact) mass is 426 g/mol. The summed E-state index contributed by atoms with van der Waals surface area (Å²) in [6.45, 7) is 0.585. The van der Waals surface area contributed by atoms with E-state index in [0.29, 0.717) is 0 Å². The quantitative estimate of drug-likeness (QED) is 0.344. The Morgan fingerprint density at radius 1 is 0.900 bits per heavy atom. The Labute approximate surface area is 180 Å². The third-order valence-electron chi connectivity index (χ3n) is 5.08. The van der Waals surface area contributed by atoms with Crippen LogP contribution < -0.4 is 10.6 Å². The van der Waals surface area contributed by atoms with Crippen LogP contribution in [0.3, 0.4) is 0 Å². The molecule has 0 spiro atoms. The summed E-state index contributed by atoms with van der Waals surface area (Å²) in [7, 11) is 0. The zero-order valence-corrected chi connectivity index (χ0v) is 18.0. The number of hydrogen-bond acceptors (Lipinski definition) is 6. The Morgan fingerprint density at radius 2 is 1.47 bits per heavy atom. The Morgan fingerprint density at radius 3 is 2.00 bits per heavy atom. The standard InChI is InChI=1S/C12H23N.C10H15NO6/c1-3-7-11(8-4-1)13-12-9-5-2-6-10-12;1-2-4-17-10(14)11-3-5-15-6-7-16-8-9(12)13/h11-13H,1-10H2;1H,3-8H2,(H,11,14)(H,12,13). The fraction of sp³-hybridized carbons (Fsp3) is 0.818. The molecule has 3 N–H and O–H groups in total. The zero-order valence-electron chi connectivity index (χ0n) is 18.0. The van der Waals surface area contributed by atoms with E-state index in [1.807, 2.05) is 0 Å². The average molecular weight is 427 g/mol. The van der Waals surface area contributed by atoms with Crippen molar-refractivity contribution < 1.29 is 28.9 Å². The number of carboxylic acid groups (broad SMARTS) is 1. The van der Waals surface area contributed by atoms with E-state index in [0.717, 1.165) is 12.1 Å². The largest absolute Gasteiger partial charge is 0.480 e. The highest BCUT2D eigenvalue weighted by atomic mass is 16.6. The lowest BCUT2D eigenvalue weighted by molar-refractivity contribution is -0.142. The van der Waals surface area contributed by atoms with Crippen LogP contribution in [-0.4, -0.2) is 68.8 Å². The molecule has 172 valence electrons. The summed E-state index contributed by atoms with van der Waals surface area (Å²) in [5.74, 6) is 1.13. The van der Waals surface area contributed by atoms with E-state index in [1.54, 1.807) is 0 Å². The highest BCUT2D eigenvalue weighted by molar-refractivity contribution is 5.68. The minimum absolute atomic E-state index is 0.0737. The predicted octanol–water partition coefficient (Wildman–Crippen LogP) is 2.71. The molecule has 8 heteroatoms. The Hall–Kier alpha value is -1.82. The molecule has 2 fully saturated rings. The Bertz CT molecular complexity index is 480. The first-order valence-electron chi connectivity index (χ1n) is 11.1. The summed E-state index contributed by atoms with van der Waals surface area (Å²) in [5, 5.41) is 14.5. The smallest absolute Gasteiger partial charge is 0.408 e. The van der Waals surface area contributed by atoms with Crippen molar-refractivity contribution in [2.45, 2.75) is 76.3 Å². The van der Waals surface area contributed by atoms with Crippen LogP contribution in [0, 0.1) is 12.3 Å². The number of aliphatic carboxylic acids is 1. The minimum atomic E-state index is -1.03. The molecule has 0 saturated heterocycles. The first kappa shape index (κ1) is 26.2. The number of carboxylic acids is 1. The number of ether oxygens (including phenoxy) is 3. The van der Waals surface area contributed by atoms with Crippen LogP contribution >= 0.6 is 0 Å². The lowest BCUT2D eigenvalue weighted by Gasteiger charge is -2.30. The molecule has 2 aliphatic carbocycles. The van der Waals surface area contributed by atoms with Crippen molar-refractivity contribution in [3.63, 3.8) is 0 Å². The molecule has 0 aliphatic heterocycles. The van der Waals surface area contributed by atoms with Crippen LogP contribution in [0.15, 0.2) is 0 Å². The van der Waals surface area contributed by atoms with E-state index in [2.05, 4.69) is 21.3 Å². The number of carbonyl (C=O) groups is 2. The van der Waals surface area contributed by atoms with Gasteiger partial charge in [0.15, 0.2) is 6.61 Å². The van der Waals surface area contributed by atoms with Crippen molar-refractivity contribution >= 4 is 12.1 Å². The molecular formula is C22H38N2O6. The van der Waals surface area contributed by atoms with Crippen molar-refractivity contribution in [2.75, 3.05) is 39.6 Å². The molecule has 1 amide bonds. The topological polar surface area (TPSA) is 106 Å². The van der Waals surface area contributed by atoms with Gasteiger partial charge in [0.25, 0.3) is 0 Å². The summed E-state index contributed by atoms with van der Waals surface area (Å²) >= 11 is 0. The molecule has 0 aromatic heterocycles. The first-order valence-corrected chi connectivity index (χ1v) is 11.1. The Balaban J connectivity index is 0.000000308. The second-order valence-corrected chi connectivity index (χ2v) is 7.60. The van der Waals surface area contributed by atoms with Crippen molar-refractivity contribution in [1.82, 2.24) is 10.6 Å². The number of nitrogens with one attached hydrogen (secondary N) is 2. The number of alkyl carbamates (subject to hydrolysis) is 1. The highest BCUT2D eigenvalue weighted by Gasteiger charge is 2.19. The fourth-order valence-electron chi connectivity index (χ4n) is 3.63. The van der Waals surface area contributed by atoms with Crippen LogP contribution in [-0.2, 0) is 19.0 Å². The molecule has 0 unspecified atom stereocenters. The van der Waals surface area contributed by atoms with Gasteiger partial charge >= 0.3 is 12.1 Å². The van der Waals surface area contributed by atoms with Gasteiger partial charge in [-0.25, -0.2) is 9.59 Å². The third-order valence-corrected chi connectivity index (χ3v) is 5.08. The summed E-state index contributed by atoms with van der Waals surface area (Å²) in [6.07, 6.45) is 18.8. The second kappa shape index (κ2) is 18.0. The fourth-order valence-corrected chi connectivity index (χ4v) is 3.63. The number of terminal acetylenes is 1. The molecule has 2 saturated carbocycles. The molecule has 0 atom stereocenters. The maximum absolute atomic E-state index is 10.8. The van der Waals surface area contributed by atoms with Gasteiger partial charge < -0.3 is 30.0 Å². The molecule has 30 heavy (non-hydrogen) atoms. The maximum atomic E-state index is 10.8. The van der Waals surface area contributed by atoms with Gasteiger partial charge in [0.1, 0.15) is 6.61 Å². The number of amides is 1. The van der Waals surface area contributed by atoms with Crippen LogP contribution in [0.4, 0.5) is 4.79 Å². The normalized spacial score (nSPS) is 17.3. The summed E-state index contributed by atoms with van der Waals surface area (Å²) in [4.78, 5) is 20.9. The average Bonchev–Trinajstić information content (AvgIpc) is 2.76. The minimum Gasteiger partial charge on any atom is -0.480 e. The van der Waals surface area contributed by atoms with Crippen molar-refractivity contribution in [3.8, 4) is 12.3 Å². The van der Waals surface area contributed by atoms with Crippen LogP contribution in [0.2, 0.25) is 0 Å². The van der Waals surface area contributed by atoms with E-state index in [4.69, 9.17) is 21.0 Å². The SMILES string of the molecule is C#CCOC(=O)NCCOCCOCC(=O)O.C1CCC(NC2CCCCC2)CC1. The number of hydrogen-bond donors (Lipinski definition) is 3. The van der Waals surface area contributed by atoms with Crippen molar-refractivity contribution in [2.24, 2.45) is 0 Å². The second-order valence-electron chi connectivity index (χ2n) is 7.60. The summed E-state index contributed by atoms with van der Waals surface area (Å²) in [6, 6.07) is 1.74. The van der Waals surface area contributed by atoms with E-state index in [-0.39, 0.29) is 39.6 Å². The van der Waals surface area contributed by atoms with E-state index in [1.165, 1.54) is 64.2 Å². The van der Waals surface area contributed by atoms with E-state index in [9.17, 15) is 9.59 Å². The van der Waals surface area contributed by atoms with Gasteiger partial charge in [0, 0.05) is 18.6 Å². The molecule has 2 rings (SSSR count). The van der Waals surface area contributed by atoms with Gasteiger partial charge in [-0.1, -0.05) is 44.4 Å². The zero-order chi connectivity index (χ0) is 21.9. The van der Waals surface area contributed by atoms with Gasteiger partial charge in [-0.3, -0.25) is 0 Å². The lowest BCUT2D eigenvalue weighted by atomic mass is 9.91. The Kier molecular flexibility index (Phi) is 15.7. The van der Waals surface area contributed by atoms with Crippen LogP contribution in [0.25, 0.3) is 0 Å². The third kappa shape index (κ3) is 15.1. The predicted molar refractivity (Wildman–Crippen MR) is 114 cm³/mol. The number of rotatable bonds is 11. The lowest BCUT2D eigenvalue weighted by Crippen LogP contribution is -2.40. The van der Waals surface area contributed by atoms with Gasteiger partial charge in [-0.2, -0.15) is 0 Å². The van der Waals surface area contributed by atoms with Gasteiger partial charge in [0.05, 0.1) is 19.8 Å². The van der Waals surface area contributed by atoms with Gasteiger partial charge in [-0.05, 0) is 25.7 Å². The van der Waals surface area contributed by atoms with E-state index >= 15 is 0 Å². The summed E-state index contributed by atoms with van der Waals surface area (Å²) < 4.78 is 14.3. The molecule has 0 bridgehead atoms. The van der Waals surface area contributed by atoms with Gasteiger partial charge in [0.2, 0.25) is 0 Å². The number of carbonyl (C=O) groups excluding carboxylic acids is 1. The van der Waals surface area contributed by atoms with Crippen LogP contribution in [0.5, 0.6) is 0 Å². The first-order chi connectivity index (χ1) is 14.6. The summed E-state index contributed by atoms with van der Waals surface area (Å²) in [5.41, 5.74) is 0. The molecule has 8 nitrogen and oxygen atoms in total. The molecule has 0 radical (unpaired) electrons. The van der Waals surface area contributed by atoms with Crippen molar-refractivity contribution in [1.29, 1.82) is 0 Å². The maximum Gasteiger partial charge on any atom is 0.408 e.